The van der Waals surface area contributed by atoms with Crippen molar-refractivity contribution in [1.29, 1.82) is 0 Å². The molecule has 29 heavy (non-hydrogen) atoms. The van der Waals surface area contributed by atoms with Gasteiger partial charge in [-0.1, -0.05) is 37.3 Å². The second-order valence-corrected chi connectivity index (χ2v) is 8.14. The number of aromatic amines is 1. The first kappa shape index (κ1) is 19.4. The highest BCUT2D eigenvalue weighted by atomic mass is 16.2. The SMILES string of the molecule is CCc1[nH]c2ccc(C(=O)N3CCC(C(C)=O)(c4ccccc4)CC3)cc2c1C. The Hall–Kier alpha value is -2.88. The average Bonchev–Trinajstić information content (AvgIpc) is 3.09. The van der Waals surface area contributed by atoms with Gasteiger partial charge in [-0.25, -0.2) is 0 Å². The molecule has 1 amide bonds. The first-order chi connectivity index (χ1) is 14.0. The van der Waals surface area contributed by atoms with Gasteiger partial charge in [0, 0.05) is 35.2 Å². The number of rotatable bonds is 4. The van der Waals surface area contributed by atoms with Gasteiger partial charge >= 0.3 is 0 Å². The minimum absolute atomic E-state index is 0.0516. The number of benzene rings is 2. The number of aryl methyl sites for hydroxylation is 2. The maximum absolute atomic E-state index is 13.2. The predicted octanol–water partition coefficient (Wildman–Crippen LogP) is 4.80. The molecule has 1 aliphatic rings. The number of piperidine rings is 1. The standard InChI is InChI=1S/C25H28N2O2/c1-4-22-17(2)21-16-19(10-11-23(21)26-22)24(29)27-14-12-25(13-15-27,18(3)28)20-8-6-5-7-9-20/h5-11,16,26H,4,12-15H2,1-3H3. The van der Waals surface area contributed by atoms with E-state index in [4.69, 9.17) is 0 Å². The Morgan fingerprint density at radius 2 is 1.76 bits per heavy atom. The molecule has 150 valence electrons. The number of H-pyrrole nitrogens is 1. The van der Waals surface area contributed by atoms with E-state index < -0.39 is 5.41 Å². The third kappa shape index (κ3) is 3.27. The summed E-state index contributed by atoms with van der Waals surface area (Å²) in [5.41, 5.74) is 4.82. The van der Waals surface area contributed by atoms with E-state index >= 15 is 0 Å². The number of carbonyl (C=O) groups excluding carboxylic acids is 2. The van der Waals surface area contributed by atoms with Crippen LogP contribution in [0.2, 0.25) is 0 Å². The van der Waals surface area contributed by atoms with Gasteiger partial charge in [-0.05, 0) is 62.4 Å². The van der Waals surface area contributed by atoms with Crippen LogP contribution in [0.4, 0.5) is 0 Å². The van der Waals surface area contributed by atoms with Gasteiger partial charge in [0.15, 0.2) is 0 Å². The normalized spacial score (nSPS) is 16.2. The number of fused-ring (bicyclic) bond motifs is 1. The van der Waals surface area contributed by atoms with E-state index in [9.17, 15) is 9.59 Å². The number of hydrogen-bond donors (Lipinski definition) is 1. The molecule has 0 bridgehead atoms. The van der Waals surface area contributed by atoms with Crippen LogP contribution in [0.5, 0.6) is 0 Å². The lowest BCUT2D eigenvalue weighted by Gasteiger charge is -2.40. The van der Waals surface area contributed by atoms with E-state index in [-0.39, 0.29) is 11.7 Å². The fraction of sp³-hybridized carbons (Fsp3) is 0.360. The molecule has 1 saturated heterocycles. The van der Waals surface area contributed by atoms with E-state index in [0.29, 0.717) is 25.9 Å². The summed E-state index contributed by atoms with van der Waals surface area (Å²) in [6.45, 7) is 7.10. The Bertz CT molecular complexity index is 1060. The number of hydrogen-bond acceptors (Lipinski definition) is 2. The Balaban J connectivity index is 1.57. The number of nitrogens with one attached hydrogen (secondary N) is 1. The maximum atomic E-state index is 13.2. The molecule has 4 rings (SSSR count). The van der Waals surface area contributed by atoms with Crippen LogP contribution in [0, 0.1) is 6.92 Å². The average molecular weight is 389 g/mol. The number of nitrogens with zero attached hydrogens (tertiary/aromatic N) is 1. The number of aromatic nitrogens is 1. The molecule has 1 aliphatic heterocycles. The van der Waals surface area contributed by atoms with Crippen molar-refractivity contribution in [3.63, 3.8) is 0 Å². The molecule has 1 fully saturated rings. The molecule has 1 aromatic heterocycles. The molecule has 2 heterocycles. The maximum Gasteiger partial charge on any atom is 0.253 e. The minimum Gasteiger partial charge on any atom is -0.358 e. The van der Waals surface area contributed by atoms with E-state index in [0.717, 1.165) is 28.5 Å². The largest absolute Gasteiger partial charge is 0.358 e. The Morgan fingerprint density at radius 3 is 2.38 bits per heavy atom. The molecule has 4 nitrogen and oxygen atoms in total. The third-order valence-electron chi connectivity index (χ3n) is 6.67. The molecule has 2 aromatic carbocycles. The van der Waals surface area contributed by atoms with Crippen LogP contribution < -0.4 is 0 Å². The van der Waals surface area contributed by atoms with Crippen LogP contribution in [0.25, 0.3) is 10.9 Å². The van der Waals surface area contributed by atoms with Gasteiger partial charge in [-0.2, -0.15) is 0 Å². The summed E-state index contributed by atoms with van der Waals surface area (Å²) in [6, 6.07) is 15.9. The van der Waals surface area contributed by atoms with Crippen molar-refractivity contribution >= 4 is 22.6 Å². The lowest BCUT2D eigenvalue weighted by Crippen LogP contribution is -2.48. The van der Waals surface area contributed by atoms with E-state index in [1.165, 1.54) is 11.3 Å². The van der Waals surface area contributed by atoms with E-state index in [1.807, 2.05) is 53.4 Å². The summed E-state index contributed by atoms with van der Waals surface area (Å²) in [6.07, 6.45) is 2.29. The number of likely N-dealkylation sites (tertiary alicyclic amines) is 1. The highest BCUT2D eigenvalue weighted by Gasteiger charge is 2.41. The van der Waals surface area contributed by atoms with E-state index in [1.54, 1.807) is 6.92 Å². The van der Waals surface area contributed by atoms with Crippen LogP contribution in [0.3, 0.4) is 0 Å². The van der Waals surface area contributed by atoms with E-state index in [2.05, 4.69) is 18.8 Å². The highest BCUT2D eigenvalue weighted by Crippen LogP contribution is 2.37. The van der Waals surface area contributed by atoms with Crippen molar-refractivity contribution in [2.45, 2.75) is 45.4 Å². The molecule has 0 radical (unpaired) electrons. The van der Waals surface area contributed by atoms with Gasteiger partial charge in [-0.3, -0.25) is 9.59 Å². The molecule has 0 spiro atoms. The molecule has 3 aromatic rings. The molecule has 0 unspecified atom stereocenters. The molecule has 0 aliphatic carbocycles. The van der Waals surface area contributed by atoms with Gasteiger partial charge in [-0.15, -0.1) is 0 Å². The van der Waals surface area contributed by atoms with Crippen LogP contribution in [0.1, 0.15) is 53.9 Å². The molecule has 4 heteroatoms. The second-order valence-electron chi connectivity index (χ2n) is 8.14. The quantitative estimate of drug-likeness (QED) is 0.698. The monoisotopic (exact) mass is 388 g/mol. The second kappa shape index (κ2) is 7.51. The zero-order valence-electron chi connectivity index (χ0n) is 17.4. The van der Waals surface area contributed by atoms with Crippen molar-refractivity contribution in [3.8, 4) is 0 Å². The van der Waals surface area contributed by atoms with Crippen LogP contribution in [0.15, 0.2) is 48.5 Å². The number of carbonyl (C=O) groups is 2. The van der Waals surface area contributed by atoms with Gasteiger partial charge in [0.1, 0.15) is 5.78 Å². The Kier molecular flexibility index (Phi) is 5.03. The number of Topliss-reactive ketones (excluding diaryl/α,β-unsaturated/α-hetero) is 1. The summed E-state index contributed by atoms with van der Waals surface area (Å²) in [4.78, 5) is 31.1. The van der Waals surface area contributed by atoms with Gasteiger partial charge in [0.25, 0.3) is 5.91 Å². The minimum atomic E-state index is -0.477. The zero-order valence-corrected chi connectivity index (χ0v) is 17.4. The van der Waals surface area contributed by atoms with Crippen molar-refractivity contribution in [2.75, 3.05) is 13.1 Å². The molecule has 0 saturated carbocycles. The predicted molar refractivity (Wildman–Crippen MR) is 116 cm³/mol. The fourth-order valence-corrected chi connectivity index (χ4v) is 4.74. The van der Waals surface area contributed by atoms with Crippen molar-refractivity contribution in [1.82, 2.24) is 9.88 Å². The van der Waals surface area contributed by atoms with Gasteiger partial charge in [0.2, 0.25) is 0 Å². The molecule has 0 atom stereocenters. The Labute approximate surface area is 171 Å². The fourth-order valence-electron chi connectivity index (χ4n) is 4.74. The highest BCUT2D eigenvalue weighted by molar-refractivity contribution is 5.99. The summed E-state index contributed by atoms with van der Waals surface area (Å²) in [5.74, 6) is 0.239. The zero-order chi connectivity index (χ0) is 20.6. The molecular weight excluding hydrogens is 360 g/mol. The third-order valence-corrected chi connectivity index (χ3v) is 6.67. The topological polar surface area (TPSA) is 53.2 Å². The summed E-state index contributed by atoms with van der Waals surface area (Å²) < 4.78 is 0. The first-order valence-electron chi connectivity index (χ1n) is 10.4. The summed E-state index contributed by atoms with van der Waals surface area (Å²) >= 11 is 0. The van der Waals surface area contributed by atoms with Crippen molar-refractivity contribution < 1.29 is 9.59 Å². The summed E-state index contributed by atoms with van der Waals surface area (Å²) in [7, 11) is 0. The van der Waals surface area contributed by atoms with Crippen LogP contribution in [-0.4, -0.2) is 34.7 Å². The smallest absolute Gasteiger partial charge is 0.253 e. The van der Waals surface area contributed by atoms with Gasteiger partial charge in [0.05, 0.1) is 5.41 Å². The molecular formula is C25H28N2O2. The first-order valence-corrected chi connectivity index (χ1v) is 10.4. The van der Waals surface area contributed by atoms with Crippen LogP contribution >= 0.6 is 0 Å². The number of amides is 1. The Morgan fingerprint density at radius 1 is 1.07 bits per heavy atom. The summed E-state index contributed by atoms with van der Waals surface area (Å²) in [5, 5.41) is 1.12. The van der Waals surface area contributed by atoms with Crippen molar-refractivity contribution in [2.24, 2.45) is 0 Å². The molecule has 1 N–H and O–H groups in total. The lowest BCUT2D eigenvalue weighted by atomic mass is 9.70. The van der Waals surface area contributed by atoms with Crippen LogP contribution in [-0.2, 0) is 16.6 Å². The van der Waals surface area contributed by atoms with Crippen molar-refractivity contribution in [3.05, 3.63) is 70.9 Å². The van der Waals surface area contributed by atoms with Gasteiger partial charge < -0.3 is 9.88 Å². The number of ketones is 1. The lowest BCUT2D eigenvalue weighted by molar-refractivity contribution is -0.124.